The molecule has 3 aromatic rings. The van der Waals surface area contributed by atoms with Crippen LogP contribution in [-0.2, 0) is 12.8 Å². The van der Waals surface area contributed by atoms with Crippen LogP contribution in [0.5, 0.6) is 5.75 Å². The summed E-state index contributed by atoms with van der Waals surface area (Å²) in [5.41, 5.74) is 3.52. The zero-order valence-corrected chi connectivity index (χ0v) is 17.8. The van der Waals surface area contributed by atoms with Crippen LogP contribution in [-0.4, -0.2) is 47.2 Å². The van der Waals surface area contributed by atoms with Gasteiger partial charge in [-0.2, -0.15) is 0 Å². The lowest BCUT2D eigenvalue weighted by Crippen LogP contribution is -2.38. The largest absolute Gasteiger partial charge is 0.495 e. The van der Waals surface area contributed by atoms with Crippen LogP contribution in [0.2, 0.25) is 0 Å². The first-order valence-electron chi connectivity index (χ1n) is 10.2. The van der Waals surface area contributed by atoms with E-state index in [2.05, 4.69) is 27.8 Å². The maximum atomic E-state index is 13.3. The Labute approximate surface area is 185 Å². The molecule has 164 valence electrons. The van der Waals surface area contributed by atoms with Crippen LogP contribution in [0, 0.1) is 0 Å². The highest BCUT2D eigenvalue weighted by Crippen LogP contribution is 2.29. The lowest BCUT2D eigenvalue weighted by atomic mass is 10.1. The molecular formula is C24H24N4O4. The van der Waals surface area contributed by atoms with E-state index in [-0.39, 0.29) is 23.3 Å². The Morgan fingerprint density at radius 2 is 1.72 bits per heavy atom. The van der Waals surface area contributed by atoms with Gasteiger partial charge in [0.25, 0.3) is 5.91 Å². The number of para-hydroxylation sites is 2. The molecule has 8 heteroatoms. The number of nitrogens with one attached hydrogen (secondary N) is 2. The fourth-order valence-electron chi connectivity index (χ4n) is 3.94. The Hall–Kier alpha value is -4.07. The molecular weight excluding hydrogens is 408 g/mol. The Bertz CT molecular complexity index is 1140. The normalized spacial score (nSPS) is 12.7. The van der Waals surface area contributed by atoms with Gasteiger partial charge in [0.1, 0.15) is 17.3 Å². The molecule has 2 amide bonds. The van der Waals surface area contributed by atoms with Gasteiger partial charge in [0.15, 0.2) is 0 Å². The standard InChI is InChI=1S/C24H24N4O4/c1-28(18-11-15-7-3-4-8-16(15)12-18)23(29)20-13-17(25-24(30)31)14-22(27-20)26-19-9-5-6-10-21(19)32-2/h3-10,13-14,18H,11-12H2,1-2H3,(H,30,31)(H2,25,26,27). The third-order valence-electron chi connectivity index (χ3n) is 5.56. The first kappa shape index (κ1) is 21.2. The summed E-state index contributed by atoms with van der Waals surface area (Å²) >= 11 is 0. The average molecular weight is 432 g/mol. The number of likely N-dealkylation sites (N-methyl/N-ethyl adjacent to an activating group) is 1. The van der Waals surface area contributed by atoms with Crippen LogP contribution in [0.25, 0.3) is 0 Å². The molecule has 0 atom stereocenters. The minimum Gasteiger partial charge on any atom is -0.495 e. The van der Waals surface area contributed by atoms with Crippen molar-refractivity contribution in [3.63, 3.8) is 0 Å². The average Bonchev–Trinajstić information content (AvgIpc) is 3.22. The van der Waals surface area contributed by atoms with Gasteiger partial charge in [-0.15, -0.1) is 0 Å². The second-order valence-corrected chi connectivity index (χ2v) is 7.63. The number of carbonyl (C=O) groups excluding carboxylic acids is 1. The number of ether oxygens (including phenoxy) is 1. The van der Waals surface area contributed by atoms with Crippen LogP contribution >= 0.6 is 0 Å². The molecule has 2 aromatic carbocycles. The Kier molecular flexibility index (Phi) is 5.93. The molecule has 3 N–H and O–H groups in total. The number of fused-ring (bicyclic) bond motifs is 1. The van der Waals surface area contributed by atoms with Gasteiger partial charge in [0.2, 0.25) is 0 Å². The number of carboxylic acid groups (broad SMARTS) is 1. The molecule has 0 saturated carbocycles. The Balaban J connectivity index is 1.61. The molecule has 1 aliphatic rings. The van der Waals surface area contributed by atoms with Crippen molar-refractivity contribution in [2.75, 3.05) is 24.8 Å². The molecule has 0 saturated heterocycles. The van der Waals surface area contributed by atoms with E-state index in [0.717, 1.165) is 12.8 Å². The summed E-state index contributed by atoms with van der Waals surface area (Å²) in [6.45, 7) is 0. The quantitative estimate of drug-likeness (QED) is 0.540. The van der Waals surface area contributed by atoms with E-state index in [1.807, 2.05) is 24.3 Å². The summed E-state index contributed by atoms with van der Waals surface area (Å²) < 4.78 is 5.35. The summed E-state index contributed by atoms with van der Waals surface area (Å²) in [5, 5.41) is 14.6. The number of methoxy groups -OCH3 is 1. The zero-order chi connectivity index (χ0) is 22.7. The number of aromatic nitrogens is 1. The van der Waals surface area contributed by atoms with E-state index in [1.165, 1.54) is 23.3 Å². The third-order valence-corrected chi connectivity index (χ3v) is 5.56. The number of nitrogens with zero attached hydrogens (tertiary/aromatic N) is 2. The lowest BCUT2D eigenvalue weighted by Gasteiger charge is -2.24. The summed E-state index contributed by atoms with van der Waals surface area (Å²) in [7, 11) is 3.31. The van der Waals surface area contributed by atoms with Crippen LogP contribution in [0.4, 0.5) is 22.0 Å². The predicted octanol–water partition coefficient (Wildman–Crippen LogP) is 4.16. The number of hydrogen-bond donors (Lipinski definition) is 3. The number of rotatable bonds is 6. The second-order valence-electron chi connectivity index (χ2n) is 7.63. The van der Waals surface area contributed by atoms with Gasteiger partial charge in [0, 0.05) is 19.2 Å². The number of amides is 2. The minimum absolute atomic E-state index is 0.0171. The predicted molar refractivity (Wildman–Crippen MR) is 122 cm³/mol. The SMILES string of the molecule is COc1ccccc1Nc1cc(NC(=O)O)cc(C(=O)N(C)C2Cc3ccccc3C2)n1. The van der Waals surface area contributed by atoms with Gasteiger partial charge in [-0.25, -0.2) is 9.78 Å². The summed E-state index contributed by atoms with van der Waals surface area (Å²) in [4.78, 5) is 30.6. The van der Waals surface area contributed by atoms with Gasteiger partial charge >= 0.3 is 6.09 Å². The van der Waals surface area contributed by atoms with Crippen LogP contribution < -0.4 is 15.4 Å². The number of hydrogen-bond acceptors (Lipinski definition) is 5. The molecule has 1 aliphatic carbocycles. The van der Waals surface area contributed by atoms with E-state index in [0.29, 0.717) is 17.3 Å². The molecule has 0 bridgehead atoms. The van der Waals surface area contributed by atoms with Crippen LogP contribution in [0.3, 0.4) is 0 Å². The molecule has 0 unspecified atom stereocenters. The second kappa shape index (κ2) is 8.97. The molecule has 1 aromatic heterocycles. The number of pyridine rings is 1. The van der Waals surface area contributed by atoms with E-state index >= 15 is 0 Å². The smallest absolute Gasteiger partial charge is 0.409 e. The monoisotopic (exact) mass is 432 g/mol. The molecule has 8 nitrogen and oxygen atoms in total. The topological polar surface area (TPSA) is 104 Å². The highest BCUT2D eigenvalue weighted by molar-refractivity contribution is 5.95. The fourth-order valence-corrected chi connectivity index (χ4v) is 3.94. The molecule has 0 aliphatic heterocycles. The van der Waals surface area contributed by atoms with Crippen molar-refractivity contribution in [3.8, 4) is 5.75 Å². The molecule has 4 rings (SSSR count). The van der Waals surface area contributed by atoms with E-state index in [1.54, 1.807) is 31.2 Å². The van der Waals surface area contributed by atoms with E-state index in [9.17, 15) is 14.7 Å². The molecule has 0 spiro atoms. The molecule has 32 heavy (non-hydrogen) atoms. The first-order chi connectivity index (χ1) is 15.4. The van der Waals surface area contributed by atoms with E-state index < -0.39 is 6.09 Å². The van der Waals surface area contributed by atoms with Crippen LogP contribution in [0.15, 0.2) is 60.7 Å². The maximum absolute atomic E-state index is 13.3. The van der Waals surface area contributed by atoms with Crippen molar-refractivity contribution < 1.29 is 19.4 Å². The highest BCUT2D eigenvalue weighted by atomic mass is 16.5. The summed E-state index contributed by atoms with van der Waals surface area (Å²) in [6.07, 6.45) is 0.327. The maximum Gasteiger partial charge on any atom is 0.409 e. The number of carbonyl (C=O) groups is 2. The van der Waals surface area contributed by atoms with Gasteiger partial charge in [0.05, 0.1) is 18.5 Å². The van der Waals surface area contributed by atoms with Crippen molar-refractivity contribution in [1.82, 2.24) is 9.88 Å². The number of benzene rings is 2. The van der Waals surface area contributed by atoms with Crippen molar-refractivity contribution in [2.45, 2.75) is 18.9 Å². The Morgan fingerprint density at radius 3 is 2.38 bits per heavy atom. The first-order valence-corrected chi connectivity index (χ1v) is 10.2. The van der Waals surface area contributed by atoms with Gasteiger partial charge in [-0.05, 0) is 42.2 Å². The molecule has 1 heterocycles. The van der Waals surface area contributed by atoms with E-state index in [4.69, 9.17) is 4.74 Å². The summed E-state index contributed by atoms with van der Waals surface area (Å²) in [6, 6.07) is 18.4. The molecule has 0 fully saturated rings. The summed E-state index contributed by atoms with van der Waals surface area (Å²) in [5.74, 6) is 0.645. The van der Waals surface area contributed by atoms with Gasteiger partial charge in [-0.3, -0.25) is 10.1 Å². The number of anilines is 3. The third kappa shape index (κ3) is 4.49. The van der Waals surface area contributed by atoms with Crippen molar-refractivity contribution in [1.29, 1.82) is 0 Å². The minimum atomic E-state index is -1.22. The van der Waals surface area contributed by atoms with Crippen LogP contribution in [0.1, 0.15) is 21.6 Å². The highest BCUT2D eigenvalue weighted by Gasteiger charge is 2.28. The molecule has 0 radical (unpaired) electrons. The Morgan fingerprint density at radius 1 is 1.06 bits per heavy atom. The van der Waals surface area contributed by atoms with Gasteiger partial charge < -0.3 is 20.1 Å². The van der Waals surface area contributed by atoms with Crippen molar-refractivity contribution in [2.24, 2.45) is 0 Å². The van der Waals surface area contributed by atoms with Crippen molar-refractivity contribution in [3.05, 3.63) is 77.5 Å². The zero-order valence-electron chi connectivity index (χ0n) is 17.8. The van der Waals surface area contributed by atoms with Crippen molar-refractivity contribution >= 4 is 29.2 Å². The fraction of sp³-hybridized carbons (Fsp3) is 0.208. The lowest BCUT2D eigenvalue weighted by molar-refractivity contribution is 0.0732. The van der Waals surface area contributed by atoms with Gasteiger partial charge in [-0.1, -0.05) is 36.4 Å².